The molecule has 1 aromatic carbocycles. The van der Waals surface area contributed by atoms with E-state index >= 15 is 0 Å². The predicted molar refractivity (Wildman–Crippen MR) is 51.9 cm³/mol. The molecule has 0 atom stereocenters. The van der Waals surface area contributed by atoms with E-state index in [-0.39, 0.29) is 0 Å². The van der Waals surface area contributed by atoms with Crippen molar-refractivity contribution in [3.63, 3.8) is 0 Å². The van der Waals surface area contributed by atoms with Gasteiger partial charge in [-0.15, -0.1) is 11.8 Å². The van der Waals surface area contributed by atoms with Gasteiger partial charge in [0, 0.05) is 10.6 Å². The molecule has 0 heterocycles. The molecular weight excluding hydrogens is 168 g/mol. The van der Waals surface area contributed by atoms with E-state index in [1.165, 1.54) is 11.8 Å². The SMILES string of the molecule is Cc1cccc(SCC#N)c1N. The van der Waals surface area contributed by atoms with Gasteiger partial charge < -0.3 is 5.73 Å². The first-order valence-electron chi connectivity index (χ1n) is 3.60. The van der Waals surface area contributed by atoms with Crippen LogP contribution in [0.1, 0.15) is 5.56 Å². The van der Waals surface area contributed by atoms with E-state index in [2.05, 4.69) is 6.07 Å². The molecule has 1 rings (SSSR count). The summed E-state index contributed by atoms with van der Waals surface area (Å²) in [6.07, 6.45) is 0. The topological polar surface area (TPSA) is 49.8 Å². The van der Waals surface area contributed by atoms with Crippen LogP contribution in [0.5, 0.6) is 0 Å². The van der Waals surface area contributed by atoms with E-state index in [0.717, 1.165) is 16.1 Å². The second kappa shape index (κ2) is 4.03. The minimum atomic E-state index is 0.452. The molecule has 0 saturated carbocycles. The van der Waals surface area contributed by atoms with Crippen molar-refractivity contribution >= 4 is 17.4 Å². The van der Waals surface area contributed by atoms with Crippen LogP contribution >= 0.6 is 11.8 Å². The average Bonchev–Trinajstić information content (AvgIpc) is 2.08. The molecule has 0 aromatic heterocycles. The van der Waals surface area contributed by atoms with E-state index in [4.69, 9.17) is 11.0 Å². The fourth-order valence-electron chi connectivity index (χ4n) is 0.890. The van der Waals surface area contributed by atoms with Crippen LogP contribution in [0.15, 0.2) is 23.1 Å². The van der Waals surface area contributed by atoms with Gasteiger partial charge in [-0.2, -0.15) is 5.26 Å². The van der Waals surface area contributed by atoms with Crippen LogP contribution in [0.4, 0.5) is 5.69 Å². The monoisotopic (exact) mass is 178 g/mol. The van der Waals surface area contributed by atoms with Gasteiger partial charge in [-0.3, -0.25) is 0 Å². The number of benzene rings is 1. The number of nitrogen functional groups attached to an aromatic ring is 1. The van der Waals surface area contributed by atoms with Crippen molar-refractivity contribution in [2.24, 2.45) is 0 Å². The lowest BCUT2D eigenvalue weighted by atomic mass is 10.2. The quantitative estimate of drug-likeness (QED) is 0.558. The highest BCUT2D eigenvalue weighted by Gasteiger charge is 2.00. The Bertz CT molecular complexity index is 315. The van der Waals surface area contributed by atoms with Gasteiger partial charge in [0.2, 0.25) is 0 Å². The van der Waals surface area contributed by atoms with Gasteiger partial charge in [-0.05, 0) is 18.6 Å². The Morgan fingerprint density at radius 2 is 2.33 bits per heavy atom. The Kier molecular flexibility index (Phi) is 3.01. The van der Waals surface area contributed by atoms with Gasteiger partial charge in [0.05, 0.1) is 11.8 Å². The Labute approximate surface area is 76.4 Å². The van der Waals surface area contributed by atoms with Crippen LogP contribution in [0.2, 0.25) is 0 Å². The standard InChI is InChI=1S/C9H10N2S/c1-7-3-2-4-8(9(7)11)12-6-5-10/h2-4H,6,11H2,1H3. The van der Waals surface area contributed by atoms with Crippen LogP contribution in [0.3, 0.4) is 0 Å². The number of thioether (sulfide) groups is 1. The normalized spacial score (nSPS) is 9.33. The molecule has 0 aliphatic carbocycles. The predicted octanol–water partition coefficient (Wildman–Crippen LogP) is 2.19. The maximum Gasteiger partial charge on any atom is 0.0856 e. The molecule has 2 nitrogen and oxygen atoms in total. The smallest absolute Gasteiger partial charge is 0.0856 e. The summed E-state index contributed by atoms with van der Waals surface area (Å²) in [4.78, 5) is 0.997. The van der Waals surface area contributed by atoms with Crippen LogP contribution in [-0.2, 0) is 0 Å². The van der Waals surface area contributed by atoms with E-state index in [9.17, 15) is 0 Å². The van der Waals surface area contributed by atoms with Crippen molar-refractivity contribution in [1.82, 2.24) is 0 Å². The highest BCUT2D eigenvalue weighted by atomic mass is 32.2. The number of anilines is 1. The molecule has 0 aliphatic heterocycles. The first kappa shape index (κ1) is 8.95. The van der Waals surface area contributed by atoms with Gasteiger partial charge in [-0.1, -0.05) is 12.1 Å². The van der Waals surface area contributed by atoms with Crippen molar-refractivity contribution in [2.45, 2.75) is 11.8 Å². The van der Waals surface area contributed by atoms with Gasteiger partial charge in [0.15, 0.2) is 0 Å². The zero-order valence-electron chi connectivity index (χ0n) is 6.87. The number of nitrogens with zero attached hydrogens (tertiary/aromatic N) is 1. The molecule has 0 spiro atoms. The van der Waals surface area contributed by atoms with Crippen LogP contribution in [-0.4, -0.2) is 5.75 Å². The van der Waals surface area contributed by atoms with Crippen molar-refractivity contribution < 1.29 is 0 Å². The fraction of sp³-hybridized carbons (Fsp3) is 0.222. The van der Waals surface area contributed by atoms with Crippen molar-refractivity contribution in [1.29, 1.82) is 5.26 Å². The van der Waals surface area contributed by atoms with E-state index < -0.39 is 0 Å². The zero-order valence-corrected chi connectivity index (χ0v) is 7.69. The van der Waals surface area contributed by atoms with Gasteiger partial charge in [-0.25, -0.2) is 0 Å². The number of hydrogen-bond acceptors (Lipinski definition) is 3. The molecule has 12 heavy (non-hydrogen) atoms. The van der Waals surface area contributed by atoms with Crippen molar-refractivity contribution in [3.8, 4) is 6.07 Å². The summed E-state index contributed by atoms with van der Waals surface area (Å²) in [6, 6.07) is 7.92. The average molecular weight is 178 g/mol. The Morgan fingerprint density at radius 1 is 1.58 bits per heavy atom. The summed E-state index contributed by atoms with van der Waals surface area (Å²) >= 11 is 1.48. The van der Waals surface area contributed by atoms with Crippen LogP contribution in [0.25, 0.3) is 0 Å². The highest BCUT2D eigenvalue weighted by Crippen LogP contribution is 2.26. The van der Waals surface area contributed by atoms with Gasteiger partial charge >= 0.3 is 0 Å². The Balaban J connectivity index is 2.86. The number of para-hydroxylation sites is 1. The summed E-state index contributed by atoms with van der Waals surface area (Å²) in [6.45, 7) is 1.96. The number of rotatable bonds is 2. The first-order chi connectivity index (χ1) is 5.75. The van der Waals surface area contributed by atoms with E-state index in [1.54, 1.807) is 0 Å². The summed E-state index contributed by atoms with van der Waals surface area (Å²) in [7, 11) is 0. The lowest BCUT2D eigenvalue weighted by Gasteiger charge is -2.04. The highest BCUT2D eigenvalue weighted by molar-refractivity contribution is 7.99. The molecule has 3 heteroatoms. The number of nitriles is 1. The lowest BCUT2D eigenvalue weighted by Crippen LogP contribution is -1.91. The minimum absolute atomic E-state index is 0.452. The van der Waals surface area contributed by atoms with E-state index in [1.807, 2.05) is 25.1 Å². The minimum Gasteiger partial charge on any atom is -0.398 e. The number of aryl methyl sites for hydroxylation is 1. The number of hydrogen-bond donors (Lipinski definition) is 1. The molecule has 0 saturated heterocycles. The summed E-state index contributed by atoms with van der Waals surface area (Å²) < 4.78 is 0. The van der Waals surface area contributed by atoms with E-state index in [0.29, 0.717) is 5.75 Å². The Morgan fingerprint density at radius 3 is 3.00 bits per heavy atom. The first-order valence-corrected chi connectivity index (χ1v) is 4.59. The van der Waals surface area contributed by atoms with Crippen molar-refractivity contribution in [3.05, 3.63) is 23.8 Å². The second-order valence-electron chi connectivity index (χ2n) is 2.43. The fourth-order valence-corrected chi connectivity index (χ4v) is 1.60. The third-order valence-corrected chi connectivity index (χ3v) is 2.52. The third-order valence-electron chi connectivity index (χ3n) is 1.58. The lowest BCUT2D eigenvalue weighted by molar-refractivity contribution is 1.36. The molecule has 0 bridgehead atoms. The maximum atomic E-state index is 8.38. The zero-order chi connectivity index (χ0) is 8.97. The van der Waals surface area contributed by atoms with Crippen LogP contribution < -0.4 is 5.73 Å². The molecule has 0 fully saturated rings. The van der Waals surface area contributed by atoms with Crippen LogP contribution in [0, 0.1) is 18.3 Å². The molecule has 0 unspecified atom stereocenters. The second-order valence-corrected chi connectivity index (χ2v) is 3.45. The molecule has 0 amide bonds. The largest absolute Gasteiger partial charge is 0.398 e. The summed E-state index contributed by atoms with van der Waals surface area (Å²) in [5, 5.41) is 8.38. The molecule has 62 valence electrons. The molecule has 0 radical (unpaired) electrons. The summed E-state index contributed by atoms with van der Waals surface area (Å²) in [5.41, 5.74) is 7.65. The molecule has 0 aliphatic rings. The maximum absolute atomic E-state index is 8.38. The molecular formula is C9H10N2S. The molecule has 2 N–H and O–H groups in total. The number of nitrogens with two attached hydrogens (primary N) is 1. The third kappa shape index (κ3) is 1.93. The van der Waals surface area contributed by atoms with Crippen molar-refractivity contribution in [2.75, 3.05) is 11.5 Å². The Hall–Kier alpha value is -1.14. The van der Waals surface area contributed by atoms with Gasteiger partial charge in [0.1, 0.15) is 0 Å². The molecule has 1 aromatic rings. The summed E-state index contributed by atoms with van der Waals surface area (Å²) in [5.74, 6) is 0.452. The van der Waals surface area contributed by atoms with Gasteiger partial charge in [0.25, 0.3) is 0 Å².